The van der Waals surface area contributed by atoms with Crippen molar-refractivity contribution < 1.29 is 14.5 Å². The van der Waals surface area contributed by atoms with Crippen molar-refractivity contribution in [3.05, 3.63) is 111 Å². The molecule has 0 unspecified atom stereocenters. The lowest BCUT2D eigenvalue weighted by Gasteiger charge is -2.31. The molecular formula is C26H26ClN3O4S. The molecule has 182 valence electrons. The minimum atomic E-state index is -0.689. The number of likely N-dealkylation sites (N-methyl/N-ethyl adjacent to an activating group) is 1. The number of nitro benzene ring substituents is 1. The third kappa shape index (κ3) is 7.83. The number of amides is 2. The first-order valence-electron chi connectivity index (χ1n) is 11.0. The number of nitro groups is 1. The molecule has 35 heavy (non-hydrogen) atoms. The van der Waals surface area contributed by atoms with Gasteiger partial charge in [0.05, 0.1) is 10.7 Å². The van der Waals surface area contributed by atoms with Gasteiger partial charge >= 0.3 is 0 Å². The fourth-order valence-electron chi connectivity index (χ4n) is 3.56. The number of hydrogen-bond donors (Lipinski definition) is 1. The second kappa shape index (κ2) is 12.9. The molecule has 0 aliphatic heterocycles. The second-order valence-corrected chi connectivity index (χ2v) is 9.31. The molecule has 2 amide bonds. The molecule has 3 aromatic carbocycles. The highest BCUT2D eigenvalue weighted by molar-refractivity contribution is 7.99. The quantitative estimate of drug-likeness (QED) is 0.293. The van der Waals surface area contributed by atoms with Gasteiger partial charge in [-0.25, -0.2) is 0 Å². The molecule has 9 heteroatoms. The Balaban J connectivity index is 1.77. The molecule has 7 nitrogen and oxygen atoms in total. The number of hydrogen-bond acceptors (Lipinski definition) is 5. The standard InChI is InChI=1S/C26H26ClN3O4S/c1-28-26(32)24(15-19-5-3-2-4-6-19)29(16-20-7-11-22(27)12-8-20)25(31)18-35-17-21-9-13-23(14-10-21)30(33)34/h2-14,24H,15-18H2,1H3,(H,28,32)/t24-/m0/s1. The van der Waals surface area contributed by atoms with Crippen LogP contribution in [-0.2, 0) is 28.3 Å². The lowest BCUT2D eigenvalue weighted by atomic mass is 10.0. The van der Waals surface area contributed by atoms with Crippen molar-refractivity contribution >= 4 is 40.9 Å². The highest BCUT2D eigenvalue weighted by Gasteiger charge is 2.29. The first-order chi connectivity index (χ1) is 16.9. The second-order valence-electron chi connectivity index (χ2n) is 7.88. The fraction of sp³-hybridized carbons (Fsp3) is 0.231. The Morgan fingerprint density at radius 1 is 0.971 bits per heavy atom. The summed E-state index contributed by atoms with van der Waals surface area (Å²) in [5.41, 5.74) is 2.72. The molecule has 0 bridgehead atoms. The lowest BCUT2D eigenvalue weighted by molar-refractivity contribution is -0.384. The summed E-state index contributed by atoms with van der Waals surface area (Å²) in [4.78, 5) is 38.3. The first kappa shape index (κ1) is 26.2. The van der Waals surface area contributed by atoms with E-state index in [-0.39, 0.29) is 29.8 Å². The van der Waals surface area contributed by atoms with Crippen LogP contribution < -0.4 is 5.32 Å². The van der Waals surface area contributed by atoms with Crippen LogP contribution in [0.5, 0.6) is 0 Å². The van der Waals surface area contributed by atoms with Gasteiger partial charge < -0.3 is 10.2 Å². The van der Waals surface area contributed by atoms with Gasteiger partial charge in [0, 0.05) is 42.9 Å². The van der Waals surface area contributed by atoms with Crippen LogP contribution in [0.3, 0.4) is 0 Å². The average molecular weight is 512 g/mol. The third-order valence-corrected chi connectivity index (χ3v) is 6.67. The van der Waals surface area contributed by atoms with Crippen molar-refractivity contribution in [2.45, 2.75) is 24.8 Å². The smallest absolute Gasteiger partial charge is 0.269 e. The van der Waals surface area contributed by atoms with Gasteiger partial charge in [-0.1, -0.05) is 66.2 Å². The van der Waals surface area contributed by atoms with E-state index in [1.165, 1.54) is 23.9 Å². The molecule has 3 aromatic rings. The maximum absolute atomic E-state index is 13.4. The predicted octanol–water partition coefficient (Wildman–Crippen LogP) is 4.87. The highest BCUT2D eigenvalue weighted by atomic mass is 35.5. The van der Waals surface area contributed by atoms with Crippen LogP contribution in [0.4, 0.5) is 5.69 Å². The van der Waals surface area contributed by atoms with Gasteiger partial charge in [0.25, 0.3) is 5.69 Å². The zero-order valence-electron chi connectivity index (χ0n) is 19.2. The van der Waals surface area contributed by atoms with E-state index in [9.17, 15) is 19.7 Å². The molecule has 0 saturated carbocycles. The van der Waals surface area contributed by atoms with E-state index in [1.54, 1.807) is 36.2 Å². The first-order valence-corrected chi connectivity index (χ1v) is 12.5. The Labute approximate surface area is 213 Å². The monoisotopic (exact) mass is 511 g/mol. The van der Waals surface area contributed by atoms with E-state index < -0.39 is 11.0 Å². The maximum Gasteiger partial charge on any atom is 0.269 e. The van der Waals surface area contributed by atoms with E-state index in [0.29, 0.717) is 17.2 Å². The van der Waals surface area contributed by atoms with Gasteiger partial charge in [0.15, 0.2) is 0 Å². The van der Waals surface area contributed by atoms with Crippen LogP contribution in [0.15, 0.2) is 78.9 Å². The van der Waals surface area contributed by atoms with Gasteiger partial charge in [-0.3, -0.25) is 19.7 Å². The SMILES string of the molecule is CNC(=O)[C@H](Cc1ccccc1)N(Cc1ccc(Cl)cc1)C(=O)CSCc1ccc([N+](=O)[O-])cc1. The van der Waals surface area contributed by atoms with E-state index in [1.807, 2.05) is 42.5 Å². The fourth-order valence-corrected chi connectivity index (χ4v) is 4.56. The Hall–Kier alpha value is -3.36. The predicted molar refractivity (Wildman–Crippen MR) is 139 cm³/mol. The molecule has 1 atom stereocenters. The summed E-state index contributed by atoms with van der Waals surface area (Å²) in [7, 11) is 1.56. The van der Waals surface area contributed by atoms with E-state index in [2.05, 4.69) is 5.32 Å². The van der Waals surface area contributed by atoms with Crippen molar-refractivity contribution in [2.24, 2.45) is 0 Å². The Kier molecular flexibility index (Phi) is 9.69. The molecule has 3 rings (SSSR count). The maximum atomic E-state index is 13.4. The van der Waals surface area contributed by atoms with E-state index >= 15 is 0 Å². The van der Waals surface area contributed by atoms with E-state index in [0.717, 1.165) is 16.7 Å². The number of halogens is 1. The number of nitrogens with one attached hydrogen (secondary N) is 1. The Morgan fingerprint density at radius 3 is 2.20 bits per heavy atom. The minimum absolute atomic E-state index is 0.0262. The number of benzene rings is 3. The number of carbonyl (C=O) groups is 2. The molecule has 0 heterocycles. The average Bonchev–Trinajstić information content (AvgIpc) is 2.87. The third-order valence-electron chi connectivity index (χ3n) is 5.43. The van der Waals surface area contributed by atoms with Gasteiger partial charge in [0.2, 0.25) is 11.8 Å². The molecule has 0 fully saturated rings. The molecule has 0 aliphatic rings. The van der Waals surface area contributed by atoms with Gasteiger partial charge in [-0.15, -0.1) is 11.8 Å². The van der Waals surface area contributed by atoms with E-state index in [4.69, 9.17) is 11.6 Å². The summed E-state index contributed by atoms with van der Waals surface area (Å²) < 4.78 is 0. The molecule has 0 radical (unpaired) electrons. The molecule has 0 spiro atoms. The topological polar surface area (TPSA) is 92.6 Å². The van der Waals surface area contributed by atoms with Gasteiger partial charge in [0.1, 0.15) is 6.04 Å². The van der Waals surface area contributed by atoms with Gasteiger partial charge in [-0.2, -0.15) is 0 Å². The zero-order valence-corrected chi connectivity index (χ0v) is 20.8. The van der Waals surface area contributed by atoms with Crippen molar-refractivity contribution in [1.82, 2.24) is 10.2 Å². The molecule has 0 aliphatic carbocycles. The zero-order chi connectivity index (χ0) is 25.2. The van der Waals surface area contributed by atoms with Crippen LogP contribution in [0, 0.1) is 10.1 Å². The summed E-state index contributed by atoms with van der Waals surface area (Å²) in [6.45, 7) is 0.263. The minimum Gasteiger partial charge on any atom is -0.357 e. The number of carbonyl (C=O) groups excluding carboxylic acids is 2. The van der Waals surface area contributed by atoms with Crippen LogP contribution in [-0.4, -0.2) is 40.5 Å². The summed E-state index contributed by atoms with van der Waals surface area (Å²) in [6.07, 6.45) is 0.382. The molecule has 0 aromatic heterocycles. The van der Waals surface area contributed by atoms with Crippen LogP contribution in [0.2, 0.25) is 5.02 Å². The summed E-state index contributed by atoms with van der Waals surface area (Å²) >= 11 is 7.42. The normalized spacial score (nSPS) is 11.5. The van der Waals surface area contributed by atoms with Crippen molar-refractivity contribution in [3.63, 3.8) is 0 Å². The number of non-ortho nitro benzene ring substituents is 1. The number of nitrogens with zero attached hydrogens (tertiary/aromatic N) is 2. The van der Waals surface area contributed by atoms with Crippen LogP contribution in [0.1, 0.15) is 16.7 Å². The number of thioether (sulfide) groups is 1. The Morgan fingerprint density at radius 2 is 1.60 bits per heavy atom. The van der Waals surface area contributed by atoms with Gasteiger partial charge in [-0.05, 0) is 28.8 Å². The molecular weight excluding hydrogens is 486 g/mol. The number of rotatable bonds is 11. The van der Waals surface area contributed by atoms with Crippen molar-refractivity contribution in [1.29, 1.82) is 0 Å². The van der Waals surface area contributed by atoms with Crippen molar-refractivity contribution in [3.8, 4) is 0 Å². The summed E-state index contributed by atoms with van der Waals surface area (Å²) in [5.74, 6) is 0.266. The highest BCUT2D eigenvalue weighted by Crippen LogP contribution is 2.20. The lowest BCUT2D eigenvalue weighted by Crippen LogP contribution is -2.50. The largest absolute Gasteiger partial charge is 0.357 e. The Bertz CT molecular complexity index is 1140. The van der Waals surface area contributed by atoms with Crippen LogP contribution in [0.25, 0.3) is 0 Å². The molecule has 0 saturated heterocycles. The van der Waals surface area contributed by atoms with Crippen molar-refractivity contribution in [2.75, 3.05) is 12.8 Å². The summed E-state index contributed by atoms with van der Waals surface area (Å²) in [5, 5.41) is 14.1. The van der Waals surface area contributed by atoms with Crippen LogP contribution >= 0.6 is 23.4 Å². The molecule has 1 N–H and O–H groups in total. The summed E-state index contributed by atoms with van der Waals surface area (Å²) in [6, 6.07) is 22.4.